The molecule has 1 fully saturated rings. The summed E-state index contributed by atoms with van der Waals surface area (Å²) in [6.07, 6.45) is 7.66. The number of thioether (sulfide) groups is 1. The molecular formula is C14H21N7OS. The SMILES string of the molecule is Cn1nnnc1SCCNC(=O)c1cn[nH]c1C1CCCCC1. The Morgan fingerprint density at radius 1 is 1.43 bits per heavy atom. The zero-order valence-electron chi connectivity index (χ0n) is 13.2. The third-order valence-electron chi connectivity index (χ3n) is 4.13. The molecule has 1 saturated carbocycles. The van der Waals surface area contributed by atoms with Crippen LogP contribution in [0.15, 0.2) is 11.4 Å². The fraction of sp³-hybridized carbons (Fsp3) is 0.643. The molecule has 9 heteroatoms. The van der Waals surface area contributed by atoms with Crippen LogP contribution >= 0.6 is 11.8 Å². The van der Waals surface area contributed by atoms with Crippen LogP contribution in [0.4, 0.5) is 0 Å². The average molecular weight is 335 g/mol. The number of rotatable bonds is 6. The number of carbonyl (C=O) groups is 1. The highest BCUT2D eigenvalue weighted by Gasteiger charge is 2.23. The zero-order valence-corrected chi connectivity index (χ0v) is 14.0. The maximum atomic E-state index is 12.4. The first-order chi connectivity index (χ1) is 11.3. The Hall–Kier alpha value is -1.90. The van der Waals surface area contributed by atoms with E-state index < -0.39 is 0 Å². The molecule has 2 N–H and O–H groups in total. The Morgan fingerprint density at radius 2 is 2.26 bits per heavy atom. The van der Waals surface area contributed by atoms with Crippen molar-refractivity contribution >= 4 is 17.7 Å². The summed E-state index contributed by atoms with van der Waals surface area (Å²) in [7, 11) is 1.79. The van der Waals surface area contributed by atoms with Crippen molar-refractivity contribution in [2.75, 3.05) is 12.3 Å². The predicted molar refractivity (Wildman–Crippen MR) is 86.3 cm³/mol. The van der Waals surface area contributed by atoms with Crippen LogP contribution in [0.1, 0.15) is 54.1 Å². The molecule has 3 rings (SSSR count). The molecule has 0 aliphatic heterocycles. The lowest BCUT2D eigenvalue weighted by molar-refractivity contribution is 0.0954. The van der Waals surface area contributed by atoms with Gasteiger partial charge in [0.05, 0.1) is 17.5 Å². The van der Waals surface area contributed by atoms with Gasteiger partial charge in [0.2, 0.25) is 5.16 Å². The number of aromatic nitrogens is 6. The Labute approximate surface area is 138 Å². The predicted octanol–water partition coefficient (Wildman–Crippen LogP) is 1.50. The van der Waals surface area contributed by atoms with Crippen molar-refractivity contribution in [1.82, 2.24) is 35.7 Å². The van der Waals surface area contributed by atoms with Gasteiger partial charge in [0.1, 0.15) is 0 Å². The normalized spacial score (nSPS) is 15.7. The van der Waals surface area contributed by atoms with Gasteiger partial charge in [0, 0.05) is 25.3 Å². The summed E-state index contributed by atoms with van der Waals surface area (Å²) in [6, 6.07) is 0. The number of tetrazole rings is 1. The van der Waals surface area contributed by atoms with E-state index in [9.17, 15) is 4.79 Å². The fourth-order valence-electron chi connectivity index (χ4n) is 2.93. The largest absolute Gasteiger partial charge is 0.351 e. The van der Waals surface area contributed by atoms with Crippen LogP contribution in [0.2, 0.25) is 0 Å². The summed E-state index contributed by atoms with van der Waals surface area (Å²) in [5, 5.41) is 22.0. The Morgan fingerprint density at radius 3 is 3.00 bits per heavy atom. The van der Waals surface area contributed by atoms with Gasteiger partial charge in [-0.3, -0.25) is 9.89 Å². The molecule has 8 nitrogen and oxygen atoms in total. The summed E-state index contributed by atoms with van der Waals surface area (Å²) in [4.78, 5) is 12.4. The minimum absolute atomic E-state index is 0.0592. The molecule has 1 amide bonds. The Kier molecular flexibility index (Phi) is 5.27. The van der Waals surface area contributed by atoms with Crippen LogP contribution in [0.3, 0.4) is 0 Å². The number of aromatic amines is 1. The molecule has 2 heterocycles. The van der Waals surface area contributed by atoms with Crippen LogP contribution in [0.25, 0.3) is 0 Å². The van der Waals surface area contributed by atoms with Crippen LogP contribution in [-0.4, -0.2) is 48.6 Å². The second kappa shape index (κ2) is 7.58. The summed E-state index contributed by atoms with van der Waals surface area (Å²) in [5.74, 6) is 1.10. The smallest absolute Gasteiger partial charge is 0.254 e. The first-order valence-electron chi connectivity index (χ1n) is 7.92. The number of aryl methyl sites for hydroxylation is 1. The quantitative estimate of drug-likeness (QED) is 0.613. The number of amides is 1. The van der Waals surface area contributed by atoms with Crippen molar-refractivity contribution in [3.05, 3.63) is 17.5 Å². The van der Waals surface area contributed by atoms with E-state index in [1.807, 2.05) is 0 Å². The fourth-order valence-corrected chi connectivity index (χ4v) is 3.63. The third kappa shape index (κ3) is 3.90. The standard InChI is InChI=1S/C14H21N7OS/c1-21-14(18-19-20-21)23-8-7-15-13(22)11-9-16-17-12(11)10-5-3-2-4-6-10/h9-10H,2-8H2,1H3,(H,15,22)(H,16,17). The van der Waals surface area contributed by atoms with Gasteiger partial charge in [-0.15, -0.1) is 5.10 Å². The van der Waals surface area contributed by atoms with Crippen LogP contribution in [0.5, 0.6) is 0 Å². The molecule has 0 unspecified atom stereocenters. The Bertz CT molecular complexity index is 647. The highest BCUT2D eigenvalue weighted by molar-refractivity contribution is 7.99. The summed E-state index contributed by atoms with van der Waals surface area (Å²) in [6.45, 7) is 0.561. The minimum atomic E-state index is -0.0592. The topological polar surface area (TPSA) is 101 Å². The molecule has 0 bridgehead atoms. The third-order valence-corrected chi connectivity index (χ3v) is 5.14. The van der Waals surface area contributed by atoms with Crippen LogP contribution in [0, 0.1) is 0 Å². The summed E-state index contributed by atoms with van der Waals surface area (Å²) in [5.41, 5.74) is 1.68. The average Bonchev–Trinajstić information content (AvgIpc) is 3.21. The number of nitrogens with zero attached hydrogens (tertiary/aromatic N) is 5. The van der Waals surface area contributed by atoms with E-state index >= 15 is 0 Å². The van der Waals surface area contributed by atoms with Gasteiger partial charge in [0.25, 0.3) is 5.91 Å². The maximum Gasteiger partial charge on any atom is 0.254 e. The summed E-state index contributed by atoms with van der Waals surface area (Å²) >= 11 is 1.51. The monoisotopic (exact) mass is 335 g/mol. The first-order valence-corrected chi connectivity index (χ1v) is 8.91. The van der Waals surface area contributed by atoms with E-state index in [1.165, 1.54) is 31.0 Å². The zero-order chi connectivity index (χ0) is 16.1. The lowest BCUT2D eigenvalue weighted by Crippen LogP contribution is -2.27. The van der Waals surface area contributed by atoms with Crippen molar-refractivity contribution in [2.45, 2.75) is 43.2 Å². The number of H-pyrrole nitrogens is 1. The van der Waals surface area contributed by atoms with E-state index in [0.717, 1.165) is 29.4 Å². The second-order valence-electron chi connectivity index (χ2n) is 5.72. The van der Waals surface area contributed by atoms with E-state index in [2.05, 4.69) is 31.0 Å². The number of nitrogens with one attached hydrogen (secondary N) is 2. The van der Waals surface area contributed by atoms with E-state index in [0.29, 0.717) is 18.0 Å². The van der Waals surface area contributed by atoms with Crippen molar-refractivity contribution in [3.8, 4) is 0 Å². The molecule has 0 saturated heterocycles. The molecule has 0 aromatic carbocycles. The van der Waals surface area contributed by atoms with E-state index in [4.69, 9.17) is 0 Å². The van der Waals surface area contributed by atoms with Gasteiger partial charge in [-0.25, -0.2) is 4.68 Å². The van der Waals surface area contributed by atoms with Crippen LogP contribution in [-0.2, 0) is 7.05 Å². The maximum absolute atomic E-state index is 12.4. The molecule has 1 aliphatic rings. The van der Waals surface area contributed by atoms with Crippen LogP contribution < -0.4 is 5.32 Å². The number of hydrogen-bond donors (Lipinski definition) is 2. The van der Waals surface area contributed by atoms with Crippen molar-refractivity contribution in [1.29, 1.82) is 0 Å². The van der Waals surface area contributed by atoms with Crippen molar-refractivity contribution < 1.29 is 4.79 Å². The van der Waals surface area contributed by atoms with Gasteiger partial charge in [-0.2, -0.15) is 5.10 Å². The minimum Gasteiger partial charge on any atom is -0.351 e. The van der Waals surface area contributed by atoms with Gasteiger partial charge < -0.3 is 5.32 Å². The van der Waals surface area contributed by atoms with Gasteiger partial charge >= 0.3 is 0 Å². The lowest BCUT2D eigenvalue weighted by atomic mass is 9.85. The lowest BCUT2D eigenvalue weighted by Gasteiger charge is -2.21. The first kappa shape index (κ1) is 16.0. The molecule has 124 valence electrons. The van der Waals surface area contributed by atoms with Crippen molar-refractivity contribution in [3.63, 3.8) is 0 Å². The molecule has 1 aliphatic carbocycles. The highest BCUT2D eigenvalue weighted by atomic mass is 32.2. The van der Waals surface area contributed by atoms with E-state index in [-0.39, 0.29) is 5.91 Å². The van der Waals surface area contributed by atoms with E-state index in [1.54, 1.807) is 17.9 Å². The molecule has 0 radical (unpaired) electrons. The Balaban J connectivity index is 1.50. The number of hydrogen-bond acceptors (Lipinski definition) is 6. The van der Waals surface area contributed by atoms with Gasteiger partial charge in [-0.05, 0) is 23.3 Å². The summed E-state index contributed by atoms with van der Waals surface area (Å²) < 4.78 is 1.61. The molecular weight excluding hydrogens is 314 g/mol. The molecule has 0 spiro atoms. The number of carbonyl (C=O) groups excluding carboxylic acids is 1. The molecule has 2 aromatic rings. The highest BCUT2D eigenvalue weighted by Crippen LogP contribution is 2.33. The van der Waals surface area contributed by atoms with Crippen molar-refractivity contribution in [2.24, 2.45) is 7.05 Å². The van der Waals surface area contributed by atoms with Gasteiger partial charge in [0.15, 0.2) is 0 Å². The molecule has 0 atom stereocenters. The molecule has 2 aromatic heterocycles. The molecule has 23 heavy (non-hydrogen) atoms. The second-order valence-corrected chi connectivity index (χ2v) is 6.78. The van der Waals surface area contributed by atoms with Gasteiger partial charge in [-0.1, -0.05) is 31.0 Å².